The van der Waals surface area contributed by atoms with Gasteiger partial charge in [-0.25, -0.2) is 4.79 Å². The van der Waals surface area contributed by atoms with Crippen molar-refractivity contribution in [1.29, 1.82) is 0 Å². The molecule has 0 amide bonds. The molecule has 0 radical (unpaired) electrons. The first-order valence-electron chi connectivity index (χ1n) is 9.24. The molecule has 27 heavy (non-hydrogen) atoms. The van der Waals surface area contributed by atoms with Gasteiger partial charge in [-0.2, -0.15) is 4.98 Å². The molecule has 1 aliphatic heterocycles. The van der Waals surface area contributed by atoms with Crippen LogP contribution in [0.5, 0.6) is 0 Å². The molecular weight excluding hydrogens is 348 g/mol. The Labute approximate surface area is 158 Å². The lowest BCUT2D eigenvalue weighted by molar-refractivity contribution is 0.0497. The summed E-state index contributed by atoms with van der Waals surface area (Å²) in [6.45, 7) is 3.95. The third kappa shape index (κ3) is 4.84. The van der Waals surface area contributed by atoms with Gasteiger partial charge in [0.25, 0.3) is 6.01 Å². The Morgan fingerprint density at radius 1 is 1.48 bits per heavy atom. The quantitative estimate of drug-likeness (QED) is 0.727. The maximum Gasteiger partial charge on any atom is 0.360 e. The number of likely N-dealkylation sites (N-methyl/N-ethyl adjacent to an activating group) is 1. The van der Waals surface area contributed by atoms with E-state index in [1.807, 2.05) is 30.1 Å². The van der Waals surface area contributed by atoms with Crippen LogP contribution in [0.4, 0.5) is 6.01 Å². The zero-order valence-corrected chi connectivity index (χ0v) is 15.7. The highest BCUT2D eigenvalue weighted by molar-refractivity contribution is 5.87. The van der Waals surface area contributed by atoms with Crippen molar-refractivity contribution >= 4 is 12.0 Å². The summed E-state index contributed by atoms with van der Waals surface area (Å²) in [7, 11) is 2.02. The van der Waals surface area contributed by atoms with Crippen molar-refractivity contribution in [3.8, 4) is 0 Å². The van der Waals surface area contributed by atoms with Crippen LogP contribution in [-0.4, -0.2) is 71.4 Å². The van der Waals surface area contributed by atoms with Gasteiger partial charge >= 0.3 is 5.97 Å². The fourth-order valence-electron chi connectivity index (χ4n) is 3.32. The van der Waals surface area contributed by atoms with Gasteiger partial charge in [0.15, 0.2) is 5.69 Å². The number of anilines is 1. The Morgan fingerprint density at radius 2 is 2.33 bits per heavy atom. The molecule has 8 nitrogen and oxygen atoms in total. The summed E-state index contributed by atoms with van der Waals surface area (Å²) in [6.07, 6.45) is 4.17. The molecule has 146 valence electrons. The number of piperidine rings is 1. The lowest BCUT2D eigenvalue weighted by atomic mass is 10.0. The zero-order chi connectivity index (χ0) is 19.2. The molecule has 0 spiro atoms. The van der Waals surface area contributed by atoms with E-state index in [-0.39, 0.29) is 18.3 Å². The first-order valence-corrected chi connectivity index (χ1v) is 9.24. The first kappa shape index (κ1) is 19.3. The summed E-state index contributed by atoms with van der Waals surface area (Å²) in [5.74, 6) is -0.503. The van der Waals surface area contributed by atoms with E-state index >= 15 is 0 Å². The van der Waals surface area contributed by atoms with Crippen molar-refractivity contribution in [2.24, 2.45) is 0 Å². The Kier molecular flexibility index (Phi) is 6.41. The molecule has 3 rings (SSSR count). The van der Waals surface area contributed by atoms with Crippen LogP contribution in [0, 0.1) is 0 Å². The molecular formula is C19H26N4O4. The number of hydrogen-bond donors (Lipinski definition) is 1. The van der Waals surface area contributed by atoms with Gasteiger partial charge in [-0.15, -0.1) is 0 Å². The maximum absolute atomic E-state index is 11.7. The summed E-state index contributed by atoms with van der Waals surface area (Å²) < 4.78 is 10.3. The van der Waals surface area contributed by atoms with E-state index in [0.717, 1.165) is 25.1 Å². The summed E-state index contributed by atoms with van der Waals surface area (Å²) in [5, 5.41) is 10.6. The molecule has 0 unspecified atom stereocenters. The van der Waals surface area contributed by atoms with Gasteiger partial charge in [0, 0.05) is 44.0 Å². The predicted molar refractivity (Wildman–Crippen MR) is 99.7 cm³/mol. The summed E-state index contributed by atoms with van der Waals surface area (Å²) >= 11 is 0. The summed E-state index contributed by atoms with van der Waals surface area (Å²) in [6, 6.07) is 6.30. The molecule has 2 aromatic rings. The highest BCUT2D eigenvalue weighted by atomic mass is 16.5. The number of β-amino-alcohol motifs (C(OH)–C–C–N with tert-alkyl or cyclic N) is 1. The van der Waals surface area contributed by atoms with E-state index in [1.54, 1.807) is 13.1 Å². The molecule has 0 bridgehead atoms. The topological polar surface area (TPSA) is 91.9 Å². The van der Waals surface area contributed by atoms with Gasteiger partial charge in [0.05, 0.1) is 12.7 Å². The van der Waals surface area contributed by atoms with E-state index < -0.39 is 12.1 Å². The Balaban J connectivity index is 1.53. The highest BCUT2D eigenvalue weighted by Crippen LogP contribution is 2.22. The third-order valence-corrected chi connectivity index (χ3v) is 4.81. The lowest BCUT2D eigenvalue weighted by Crippen LogP contribution is -2.53. The molecule has 3 heterocycles. The van der Waals surface area contributed by atoms with Gasteiger partial charge in [0.1, 0.15) is 6.26 Å². The number of carbonyl (C=O) groups is 1. The smallest absolute Gasteiger partial charge is 0.360 e. The average molecular weight is 374 g/mol. The van der Waals surface area contributed by atoms with E-state index in [0.29, 0.717) is 19.1 Å². The van der Waals surface area contributed by atoms with Crippen LogP contribution in [0.3, 0.4) is 0 Å². The molecule has 1 fully saturated rings. The van der Waals surface area contributed by atoms with E-state index in [2.05, 4.69) is 14.9 Å². The summed E-state index contributed by atoms with van der Waals surface area (Å²) in [5.41, 5.74) is 1.19. The molecule has 2 aromatic heterocycles. The number of ether oxygens (including phenoxy) is 1. The Bertz CT molecular complexity index is 736. The molecule has 0 aliphatic carbocycles. The van der Waals surface area contributed by atoms with Gasteiger partial charge in [-0.1, -0.05) is 6.07 Å². The largest absolute Gasteiger partial charge is 0.461 e. The van der Waals surface area contributed by atoms with E-state index in [4.69, 9.17) is 9.15 Å². The zero-order valence-electron chi connectivity index (χ0n) is 15.7. The predicted octanol–water partition coefficient (Wildman–Crippen LogP) is 1.36. The van der Waals surface area contributed by atoms with Gasteiger partial charge < -0.3 is 24.1 Å². The van der Waals surface area contributed by atoms with Crippen molar-refractivity contribution in [2.45, 2.75) is 31.9 Å². The van der Waals surface area contributed by atoms with Gasteiger partial charge in [-0.3, -0.25) is 4.98 Å². The van der Waals surface area contributed by atoms with Crippen LogP contribution in [0.25, 0.3) is 0 Å². The van der Waals surface area contributed by atoms with Crippen molar-refractivity contribution in [1.82, 2.24) is 14.9 Å². The van der Waals surface area contributed by atoms with E-state index in [1.165, 1.54) is 6.26 Å². The van der Waals surface area contributed by atoms with Crippen LogP contribution >= 0.6 is 0 Å². The van der Waals surface area contributed by atoms with Crippen molar-refractivity contribution in [2.75, 3.05) is 38.2 Å². The maximum atomic E-state index is 11.7. The van der Waals surface area contributed by atoms with Crippen LogP contribution in [0.2, 0.25) is 0 Å². The molecule has 2 atom stereocenters. The number of esters is 1. The van der Waals surface area contributed by atoms with Crippen molar-refractivity contribution in [3.63, 3.8) is 0 Å². The standard InChI is InChI=1S/C19H26N4O4/c1-3-26-18(25)15-13-27-19(21-15)23-11-8-16(17(24)12-23)22(2)10-7-14-6-4-5-9-20-14/h4-6,9,13,16-17,24H,3,7-8,10-12H2,1-2H3/t16-,17-/m1/s1. The third-order valence-electron chi connectivity index (χ3n) is 4.81. The molecule has 1 saturated heterocycles. The lowest BCUT2D eigenvalue weighted by Gasteiger charge is -2.39. The number of hydrogen-bond acceptors (Lipinski definition) is 8. The second-order valence-corrected chi connectivity index (χ2v) is 6.66. The van der Waals surface area contributed by atoms with Gasteiger partial charge in [-0.05, 0) is 32.5 Å². The number of aliphatic hydroxyl groups excluding tert-OH is 1. The molecule has 1 N–H and O–H groups in total. The minimum Gasteiger partial charge on any atom is -0.461 e. The van der Waals surface area contributed by atoms with Crippen LogP contribution in [-0.2, 0) is 11.2 Å². The van der Waals surface area contributed by atoms with Crippen LogP contribution in [0.15, 0.2) is 35.1 Å². The number of aromatic nitrogens is 2. The second-order valence-electron chi connectivity index (χ2n) is 6.66. The number of oxazole rings is 1. The van der Waals surface area contributed by atoms with Crippen LogP contribution in [0.1, 0.15) is 29.5 Å². The summed E-state index contributed by atoms with van der Waals surface area (Å²) in [4.78, 5) is 24.3. The number of nitrogens with zero attached hydrogens (tertiary/aromatic N) is 4. The van der Waals surface area contributed by atoms with E-state index in [9.17, 15) is 9.90 Å². The Morgan fingerprint density at radius 3 is 3.04 bits per heavy atom. The second kappa shape index (κ2) is 8.96. The number of aliphatic hydroxyl groups is 1. The normalized spacial score (nSPS) is 20.1. The fraction of sp³-hybridized carbons (Fsp3) is 0.526. The number of rotatable bonds is 7. The number of pyridine rings is 1. The number of carbonyl (C=O) groups excluding carboxylic acids is 1. The van der Waals surface area contributed by atoms with Crippen LogP contribution < -0.4 is 4.90 Å². The molecule has 0 aromatic carbocycles. The highest BCUT2D eigenvalue weighted by Gasteiger charge is 2.32. The van der Waals surface area contributed by atoms with Crippen molar-refractivity contribution in [3.05, 3.63) is 42.0 Å². The minimum absolute atomic E-state index is 0.0597. The van der Waals surface area contributed by atoms with Gasteiger partial charge in [0.2, 0.25) is 0 Å². The molecule has 8 heteroatoms. The fourth-order valence-corrected chi connectivity index (χ4v) is 3.32. The minimum atomic E-state index is -0.537. The average Bonchev–Trinajstić information content (AvgIpc) is 3.17. The molecule has 0 saturated carbocycles. The first-order chi connectivity index (χ1) is 13.1. The SMILES string of the molecule is CCOC(=O)c1coc(N2CC[C@@H](N(C)CCc3ccccn3)[C@H](O)C2)n1. The molecule has 1 aliphatic rings. The Hall–Kier alpha value is -2.45. The van der Waals surface area contributed by atoms with Crippen molar-refractivity contribution < 1.29 is 19.1 Å². The monoisotopic (exact) mass is 374 g/mol.